The number of carbonyl (C=O) groups excluding carboxylic acids is 1. The molecule has 0 spiro atoms. The van der Waals surface area contributed by atoms with E-state index in [1.54, 1.807) is 20.4 Å². The Labute approximate surface area is 166 Å². The van der Waals surface area contributed by atoms with E-state index in [1.165, 1.54) is 5.69 Å². The first-order valence-corrected chi connectivity index (χ1v) is 9.58. The van der Waals surface area contributed by atoms with Gasteiger partial charge in [0.1, 0.15) is 11.6 Å². The quantitative estimate of drug-likeness (QED) is 0.704. The smallest absolute Gasteiger partial charge is 0.252 e. The van der Waals surface area contributed by atoms with Crippen LogP contribution in [0, 0.1) is 0 Å². The molecule has 0 bridgehead atoms. The first-order chi connectivity index (χ1) is 13.7. The summed E-state index contributed by atoms with van der Waals surface area (Å²) in [5.41, 5.74) is 1.78. The SMILES string of the molecule is COCCCNC(=O)c1ccc(N2CCN(c3ccc(OC)cc3)CC2)nc1. The lowest BCUT2D eigenvalue weighted by Gasteiger charge is -2.36. The normalized spacial score (nSPS) is 14.1. The number of ether oxygens (including phenoxy) is 2. The summed E-state index contributed by atoms with van der Waals surface area (Å²) in [6.07, 6.45) is 2.45. The van der Waals surface area contributed by atoms with Crippen molar-refractivity contribution in [2.24, 2.45) is 0 Å². The van der Waals surface area contributed by atoms with E-state index in [4.69, 9.17) is 9.47 Å². The van der Waals surface area contributed by atoms with Gasteiger partial charge in [0.15, 0.2) is 0 Å². The van der Waals surface area contributed by atoms with Crippen molar-refractivity contribution < 1.29 is 14.3 Å². The average molecular weight is 384 g/mol. The Morgan fingerprint density at radius 2 is 1.75 bits per heavy atom. The molecule has 0 atom stereocenters. The zero-order valence-corrected chi connectivity index (χ0v) is 16.6. The van der Waals surface area contributed by atoms with Crippen molar-refractivity contribution in [3.8, 4) is 5.75 Å². The zero-order chi connectivity index (χ0) is 19.8. The number of hydrogen-bond acceptors (Lipinski definition) is 6. The van der Waals surface area contributed by atoms with Gasteiger partial charge in [-0.3, -0.25) is 4.79 Å². The standard InChI is InChI=1S/C21H28N4O3/c1-27-15-3-10-22-21(26)17-4-9-20(23-16-17)25-13-11-24(12-14-25)18-5-7-19(28-2)8-6-18/h4-9,16H,3,10-15H2,1-2H3,(H,22,26). The van der Waals surface area contributed by atoms with Crippen molar-refractivity contribution in [2.75, 3.05) is 63.4 Å². The fourth-order valence-corrected chi connectivity index (χ4v) is 3.21. The van der Waals surface area contributed by atoms with Crippen molar-refractivity contribution in [3.63, 3.8) is 0 Å². The summed E-state index contributed by atoms with van der Waals surface area (Å²) in [4.78, 5) is 21.2. The van der Waals surface area contributed by atoms with E-state index in [-0.39, 0.29) is 5.91 Å². The first-order valence-electron chi connectivity index (χ1n) is 9.58. The largest absolute Gasteiger partial charge is 0.497 e. The predicted octanol–water partition coefficient (Wildman–Crippen LogP) is 2.18. The molecule has 2 aromatic rings. The van der Waals surface area contributed by atoms with E-state index in [1.807, 2.05) is 24.3 Å². The van der Waals surface area contributed by atoms with E-state index in [0.717, 1.165) is 44.2 Å². The first kappa shape index (κ1) is 19.9. The molecule has 1 fully saturated rings. The van der Waals surface area contributed by atoms with E-state index in [9.17, 15) is 4.79 Å². The number of piperazine rings is 1. The van der Waals surface area contributed by atoms with E-state index < -0.39 is 0 Å². The average Bonchev–Trinajstić information content (AvgIpc) is 2.77. The van der Waals surface area contributed by atoms with Crippen LogP contribution in [0.5, 0.6) is 5.75 Å². The molecule has 1 saturated heterocycles. The summed E-state index contributed by atoms with van der Waals surface area (Å²) in [6, 6.07) is 11.9. The molecule has 3 rings (SSSR count). The molecule has 1 aliphatic heterocycles. The minimum absolute atomic E-state index is 0.0977. The topological polar surface area (TPSA) is 66.9 Å². The molecule has 7 heteroatoms. The summed E-state index contributed by atoms with van der Waals surface area (Å²) >= 11 is 0. The Hall–Kier alpha value is -2.80. The summed E-state index contributed by atoms with van der Waals surface area (Å²) in [6.45, 7) is 4.87. The number of aromatic nitrogens is 1. The Balaban J connectivity index is 1.50. The lowest BCUT2D eigenvalue weighted by molar-refractivity contribution is 0.0948. The fraction of sp³-hybridized carbons (Fsp3) is 0.429. The van der Waals surface area contributed by atoms with Crippen LogP contribution in [0.25, 0.3) is 0 Å². The van der Waals surface area contributed by atoms with Gasteiger partial charge in [-0.2, -0.15) is 0 Å². The van der Waals surface area contributed by atoms with Crippen molar-refractivity contribution in [1.29, 1.82) is 0 Å². The molecule has 1 amide bonds. The molecule has 0 saturated carbocycles. The lowest BCUT2D eigenvalue weighted by atomic mass is 10.2. The zero-order valence-electron chi connectivity index (χ0n) is 16.6. The second kappa shape index (κ2) is 9.94. The highest BCUT2D eigenvalue weighted by Crippen LogP contribution is 2.22. The minimum Gasteiger partial charge on any atom is -0.497 e. The van der Waals surface area contributed by atoms with Gasteiger partial charge in [-0.25, -0.2) is 4.98 Å². The highest BCUT2D eigenvalue weighted by molar-refractivity contribution is 5.94. The van der Waals surface area contributed by atoms with Gasteiger partial charge in [0.25, 0.3) is 5.91 Å². The number of amides is 1. The molecule has 7 nitrogen and oxygen atoms in total. The second-order valence-electron chi connectivity index (χ2n) is 6.68. The van der Waals surface area contributed by atoms with E-state index >= 15 is 0 Å². The number of hydrogen-bond donors (Lipinski definition) is 1. The number of rotatable bonds is 8. The molecule has 1 aromatic heterocycles. The van der Waals surface area contributed by atoms with Crippen molar-refractivity contribution in [1.82, 2.24) is 10.3 Å². The Bertz CT molecular complexity index is 741. The van der Waals surface area contributed by atoms with Crippen LogP contribution in [0.2, 0.25) is 0 Å². The molecular formula is C21H28N4O3. The summed E-state index contributed by atoms with van der Waals surface area (Å²) < 4.78 is 10.2. The van der Waals surface area contributed by atoms with Crippen molar-refractivity contribution in [3.05, 3.63) is 48.2 Å². The maximum Gasteiger partial charge on any atom is 0.252 e. The molecule has 1 aliphatic rings. The van der Waals surface area contributed by atoms with Gasteiger partial charge in [0, 0.05) is 58.3 Å². The van der Waals surface area contributed by atoms with Crippen LogP contribution in [-0.4, -0.2) is 64.4 Å². The second-order valence-corrected chi connectivity index (χ2v) is 6.68. The van der Waals surface area contributed by atoms with Crippen molar-refractivity contribution >= 4 is 17.4 Å². The third kappa shape index (κ3) is 5.13. The van der Waals surface area contributed by atoms with Crippen LogP contribution in [0.1, 0.15) is 16.8 Å². The molecule has 2 heterocycles. The third-order valence-electron chi connectivity index (χ3n) is 4.86. The van der Waals surface area contributed by atoms with Gasteiger partial charge < -0.3 is 24.6 Å². The fourth-order valence-electron chi connectivity index (χ4n) is 3.21. The third-order valence-corrected chi connectivity index (χ3v) is 4.86. The van der Waals surface area contributed by atoms with Gasteiger partial charge in [0.05, 0.1) is 12.7 Å². The van der Waals surface area contributed by atoms with Crippen LogP contribution in [0.15, 0.2) is 42.6 Å². The Morgan fingerprint density at radius 1 is 1.04 bits per heavy atom. The van der Waals surface area contributed by atoms with Crippen LogP contribution in [-0.2, 0) is 4.74 Å². The van der Waals surface area contributed by atoms with Gasteiger partial charge in [-0.05, 0) is 42.8 Å². The van der Waals surface area contributed by atoms with Gasteiger partial charge in [-0.1, -0.05) is 0 Å². The summed E-state index contributed by atoms with van der Waals surface area (Å²) in [5, 5.41) is 2.88. The molecule has 150 valence electrons. The highest BCUT2D eigenvalue weighted by Gasteiger charge is 2.18. The number of methoxy groups -OCH3 is 2. The summed E-state index contributed by atoms with van der Waals surface area (Å²) in [5.74, 6) is 1.68. The number of pyridine rings is 1. The number of benzene rings is 1. The number of anilines is 2. The van der Waals surface area contributed by atoms with E-state index in [0.29, 0.717) is 18.7 Å². The minimum atomic E-state index is -0.0977. The van der Waals surface area contributed by atoms with Gasteiger partial charge in [-0.15, -0.1) is 0 Å². The predicted molar refractivity (Wildman–Crippen MR) is 110 cm³/mol. The summed E-state index contributed by atoms with van der Waals surface area (Å²) in [7, 11) is 3.33. The maximum absolute atomic E-state index is 12.1. The molecular weight excluding hydrogens is 356 g/mol. The monoisotopic (exact) mass is 384 g/mol. The highest BCUT2D eigenvalue weighted by atomic mass is 16.5. The van der Waals surface area contributed by atoms with E-state index in [2.05, 4.69) is 32.2 Å². The molecule has 1 aromatic carbocycles. The maximum atomic E-state index is 12.1. The Kier molecular flexibility index (Phi) is 7.08. The molecule has 0 unspecified atom stereocenters. The molecule has 0 radical (unpaired) electrons. The molecule has 1 N–H and O–H groups in total. The van der Waals surface area contributed by atoms with Crippen LogP contribution in [0.3, 0.4) is 0 Å². The number of carbonyl (C=O) groups is 1. The number of nitrogens with zero attached hydrogens (tertiary/aromatic N) is 3. The van der Waals surface area contributed by atoms with Crippen molar-refractivity contribution in [2.45, 2.75) is 6.42 Å². The van der Waals surface area contributed by atoms with Crippen LogP contribution in [0.4, 0.5) is 11.5 Å². The lowest BCUT2D eigenvalue weighted by Crippen LogP contribution is -2.46. The Morgan fingerprint density at radius 3 is 2.36 bits per heavy atom. The molecule has 28 heavy (non-hydrogen) atoms. The number of nitrogens with one attached hydrogen (secondary N) is 1. The molecule has 0 aliphatic carbocycles. The van der Waals surface area contributed by atoms with Gasteiger partial charge in [0.2, 0.25) is 0 Å². The van der Waals surface area contributed by atoms with Crippen LogP contribution >= 0.6 is 0 Å². The van der Waals surface area contributed by atoms with Gasteiger partial charge >= 0.3 is 0 Å². The van der Waals surface area contributed by atoms with Crippen LogP contribution < -0.4 is 19.9 Å².